The quantitative estimate of drug-likeness (QED) is 0.545. The van der Waals surface area contributed by atoms with Gasteiger partial charge < -0.3 is 15.4 Å². The van der Waals surface area contributed by atoms with Crippen LogP contribution in [0.25, 0.3) is 0 Å². The van der Waals surface area contributed by atoms with Gasteiger partial charge >= 0.3 is 5.97 Å². The van der Waals surface area contributed by atoms with Crippen LogP contribution in [0.3, 0.4) is 0 Å². The average Bonchev–Trinajstić information content (AvgIpc) is 3.08. The fourth-order valence-electron chi connectivity index (χ4n) is 7.70. The van der Waals surface area contributed by atoms with Crippen molar-refractivity contribution in [2.75, 3.05) is 7.11 Å². The van der Waals surface area contributed by atoms with E-state index in [1.807, 2.05) is 0 Å². The Kier molecular flexibility index (Phi) is 5.22. The maximum atomic E-state index is 13.1. The first-order valence-electron chi connectivity index (χ1n) is 11.7. The molecule has 0 spiro atoms. The summed E-state index contributed by atoms with van der Waals surface area (Å²) in [7, 11) is 1.30. The van der Waals surface area contributed by atoms with Crippen LogP contribution in [0.5, 0.6) is 0 Å². The third-order valence-corrected chi connectivity index (χ3v) is 9.37. The number of amides is 2. The highest BCUT2D eigenvalue weighted by Crippen LogP contribution is 2.64. The van der Waals surface area contributed by atoms with Crippen LogP contribution in [0.1, 0.15) is 79.1 Å². The normalized spacial score (nSPS) is 43.0. The molecule has 4 rings (SSSR count). The van der Waals surface area contributed by atoms with Crippen LogP contribution in [0.4, 0.5) is 0 Å². The van der Waals surface area contributed by atoms with Gasteiger partial charge in [-0.05, 0) is 87.4 Å². The molecular formula is C24H38N2O4. The number of piperidine rings is 1. The van der Waals surface area contributed by atoms with Crippen molar-refractivity contribution in [1.29, 1.82) is 0 Å². The molecular weight excluding hydrogens is 380 g/mol. The van der Waals surface area contributed by atoms with Crippen LogP contribution < -0.4 is 10.6 Å². The van der Waals surface area contributed by atoms with Crippen molar-refractivity contribution in [3.8, 4) is 0 Å². The van der Waals surface area contributed by atoms with Crippen molar-refractivity contribution in [3.05, 3.63) is 0 Å². The highest BCUT2D eigenvalue weighted by molar-refractivity contribution is 6.02. The molecule has 0 aromatic rings. The van der Waals surface area contributed by atoms with Gasteiger partial charge in [0.15, 0.2) is 0 Å². The number of esters is 1. The van der Waals surface area contributed by atoms with Crippen LogP contribution in [-0.2, 0) is 19.1 Å². The highest BCUT2D eigenvalue weighted by atomic mass is 16.5. The number of nitrogens with one attached hydrogen (secondary N) is 2. The molecule has 0 aromatic carbocycles. The molecule has 6 heteroatoms. The Morgan fingerprint density at radius 1 is 1.10 bits per heavy atom. The van der Waals surface area contributed by atoms with Crippen molar-refractivity contribution in [1.82, 2.24) is 10.6 Å². The van der Waals surface area contributed by atoms with Crippen molar-refractivity contribution in [3.63, 3.8) is 0 Å². The van der Waals surface area contributed by atoms with E-state index in [4.69, 9.17) is 4.74 Å². The van der Waals surface area contributed by atoms with E-state index < -0.39 is 17.4 Å². The molecule has 30 heavy (non-hydrogen) atoms. The zero-order valence-corrected chi connectivity index (χ0v) is 19.2. The standard InChI is InChI=1S/C24H38N2O4/c1-22(2,21(29)30-5)26-20(28)15-13-24(4)17-10-12-23(3)11-6-7-16(23)14(17)8-9-18(24)25-19(15)27/h14-18H,6-13H2,1-5H3,(H,25,27)(H,26,28)/t14-,15?,16-,17-,18+,23-,24+/m0/s1. The van der Waals surface area contributed by atoms with Gasteiger partial charge in [0.2, 0.25) is 11.8 Å². The highest BCUT2D eigenvalue weighted by Gasteiger charge is 2.60. The minimum atomic E-state index is -1.16. The van der Waals surface area contributed by atoms with Gasteiger partial charge in [0.05, 0.1) is 7.11 Å². The molecule has 0 radical (unpaired) electrons. The number of methoxy groups -OCH3 is 1. The lowest BCUT2D eigenvalue weighted by Gasteiger charge is -2.60. The molecule has 2 amide bonds. The topological polar surface area (TPSA) is 84.5 Å². The Bertz CT molecular complexity index is 749. The number of hydrogen-bond donors (Lipinski definition) is 2. The third-order valence-electron chi connectivity index (χ3n) is 9.37. The zero-order valence-electron chi connectivity index (χ0n) is 19.2. The van der Waals surface area contributed by atoms with Crippen LogP contribution in [0, 0.1) is 34.5 Å². The van der Waals surface area contributed by atoms with Gasteiger partial charge in [-0.2, -0.15) is 0 Å². The van der Waals surface area contributed by atoms with E-state index in [9.17, 15) is 14.4 Å². The molecule has 6 nitrogen and oxygen atoms in total. The van der Waals surface area contributed by atoms with Crippen LogP contribution in [-0.4, -0.2) is 36.5 Å². The molecule has 1 aliphatic heterocycles. The smallest absolute Gasteiger partial charge is 0.330 e. The first-order valence-corrected chi connectivity index (χ1v) is 11.7. The van der Waals surface area contributed by atoms with Crippen molar-refractivity contribution in [2.24, 2.45) is 34.5 Å². The largest absolute Gasteiger partial charge is 0.467 e. The molecule has 4 aliphatic rings. The van der Waals surface area contributed by atoms with Gasteiger partial charge in [-0.1, -0.05) is 20.3 Å². The van der Waals surface area contributed by atoms with E-state index in [1.165, 1.54) is 45.6 Å². The van der Waals surface area contributed by atoms with Crippen LogP contribution in [0.2, 0.25) is 0 Å². The van der Waals surface area contributed by atoms with E-state index in [0.29, 0.717) is 23.7 Å². The second-order valence-electron chi connectivity index (χ2n) is 11.5. The summed E-state index contributed by atoms with van der Waals surface area (Å²) < 4.78 is 4.80. The van der Waals surface area contributed by atoms with Gasteiger partial charge in [0, 0.05) is 6.04 Å². The van der Waals surface area contributed by atoms with Crippen molar-refractivity contribution >= 4 is 17.8 Å². The Hall–Kier alpha value is -1.59. The first-order chi connectivity index (χ1) is 14.0. The number of hydrogen-bond acceptors (Lipinski definition) is 4. The monoisotopic (exact) mass is 418 g/mol. The summed E-state index contributed by atoms with van der Waals surface area (Å²) in [5.74, 6) is 0.209. The second kappa shape index (κ2) is 7.23. The van der Waals surface area contributed by atoms with E-state index in [-0.39, 0.29) is 23.3 Å². The minimum Gasteiger partial charge on any atom is -0.467 e. The maximum absolute atomic E-state index is 13.1. The van der Waals surface area contributed by atoms with Crippen molar-refractivity contribution in [2.45, 2.75) is 90.6 Å². The van der Waals surface area contributed by atoms with E-state index >= 15 is 0 Å². The molecule has 0 aromatic heterocycles. The summed E-state index contributed by atoms with van der Waals surface area (Å²) in [6.45, 7) is 8.02. The van der Waals surface area contributed by atoms with Gasteiger partial charge in [-0.3, -0.25) is 9.59 Å². The first kappa shape index (κ1) is 21.6. The average molecular weight is 419 g/mol. The van der Waals surface area contributed by atoms with Gasteiger partial charge in [0.25, 0.3) is 0 Å². The molecule has 3 saturated carbocycles. The minimum absolute atomic E-state index is 0.0713. The van der Waals surface area contributed by atoms with Crippen LogP contribution in [0.15, 0.2) is 0 Å². The number of fused-ring (bicyclic) bond motifs is 5. The van der Waals surface area contributed by atoms with Crippen LogP contribution >= 0.6 is 0 Å². The summed E-state index contributed by atoms with van der Waals surface area (Å²) in [6.07, 6.45) is 9.26. The summed E-state index contributed by atoms with van der Waals surface area (Å²) in [5, 5.41) is 5.97. The summed E-state index contributed by atoms with van der Waals surface area (Å²) in [4.78, 5) is 37.9. The van der Waals surface area contributed by atoms with Crippen molar-refractivity contribution < 1.29 is 19.1 Å². The Morgan fingerprint density at radius 2 is 1.83 bits per heavy atom. The summed E-state index contributed by atoms with van der Waals surface area (Å²) >= 11 is 0. The predicted octanol–water partition coefficient (Wildman–Crippen LogP) is 3.19. The number of carbonyl (C=O) groups is 3. The lowest BCUT2D eigenvalue weighted by Crippen LogP contribution is -2.65. The Morgan fingerprint density at radius 3 is 2.53 bits per heavy atom. The molecule has 1 saturated heterocycles. The number of carbonyl (C=O) groups excluding carboxylic acids is 3. The predicted molar refractivity (Wildman–Crippen MR) is 113 cm³/mol. The second-order valence-corrected chi connectivity index (χ2v) is 11.5. The Labute approximate surface area is 180 Å². The lowest BCUT2D eigenvalue weighted by atomic mass is 9.47. The van der Waals surface area contributed by atoms with E-state index in [0.717, 1.165) is 12.3 Å². The molecule has 1 heterocycles. The zero-order chi connectivity index (χ0) is 21.9. The molecule has 3 aliphatic carbocycles. The fourth-order valence-corrected chi connectivity index (χ4v) is 7.70. The SMILES string of the molecule is COC(=O)C(C)(C)NC(=O)C1C[C@@]2(C)[C@@H](CC[C@H]3[C@@H]4CCC[C@@]4(C)CC[C@@H]32)NC1=O. The number of ether oxygens (including phenoxy) is 1. The molecule has 7 atom stereocenters. The van der Waals surface area contributed by atoms with Gasteiger partial charge in [0.1, 0.15) is 11.5 Å². The molecule has 0 bridgehead atoms. The van der Waals surface area contributed by atoms with Gasteiger partial charge in [-0.15, -0.1) is 0 Å². The van der Waals surface area contributed by atoms with E-state index in [1.54, 1.807) is 13.8 Å². The fraction of sp³-hybridized carbons (Fsp3) is 0.875. The maximum Gasteiger partial charge on any atom is 0.330 e. The third kappa shape index (κ3) is 3.25. The molecule has 4 fully saturated rings. The number of rotatable bonds is 3. The molecule has 2 N–H and O–H groups in total. The summed E-state index contributed by atoms with van der Waals surface area (Å²) in [5.41, 5.74) is -0.739. The molecule has 168 valence electrons. The molecule has 1 unspecified atom stereocenters. The summed E-state index contributed by atoms with van der Waals surface area (Å²) in [6, 6.07) is 0.148. The lowest BCUT2D eigenvalue weighted by molar-refractivity contribution is -0.156. The Balaban J connectivity index is 1.55. The van der Waals surface area contributed by atoms with Gasteiger partial charge in [-0.25, -0.2) is 4.79 Å². The van der Waals surface area contributed by atoms with E-state index in [2.05, 4.69) is 24.5 Å².